The van der Waals surface area contributed by atoms with E-state index in [9.17, 15) is 4.79 Å². The Bertz CT molecular complexity index is 125. The third-order valence-corrected chi connectivity index (χ3v) is 2.10. The highest BCUT2D eigenvalue weighted by atomic mass is 16.4. The number of hydrogen-bond donors (Lipinski definition) is 2. The molecule has 0 unspecified atom stereocenters. The second-order valence-corrected chi connectivity index (χ2v) is 2.88. The number of carboxylic acids is 1. The molecule has 0 fully saturated rings. The van der Waals surface area contributed by atoms with Gasteiger partial charge in [0.2, 0.25) is 0 Å². The average molecular weight is 159 g/mol. The van der Waals surface area contributed by atoms with Gasteiger partial charge in [0.1, 0.15) is 0 Å². The second-order valence-electron chi connectivity index (χ2n) is 2.88. The van der Waals surface area contributed by atoms with Gasteiger partial charge in [0, 0.05) is 6.04 Å². The second kappa shape index (κ2) is 5.13. The fourth-order valence-electron chi connectivity index (χ4n) is 1.06. The zero-order chi connectivity index (χ0) is 8.85. The summed E-state index contributed by atoms with van der Waals surface area (Å²) in [4.78, 5) is 10.3. The van der Waals surface area contributed by atoms with Crippen LogP contribution in [0.2, 0.25) is 0 Å². The van der Waals surface area contributed by atoms with Crippen LogP contribution in [0.1, 0.15) is 26.7 Å². The monoisotopic (exact) mass is 159 g/mol. The summed E-state index contributed by atoms with van der Waals surface area (Å²) in [6.07, 6.45) is 1.23. The molecule has 66 valence electrons. The van der Waals surface area contributed by atoms with E-state index in [-0.39, 0.29) is 12.5 Å². The van der Waals surface area contributed by atoms with E-state index in [4.69, 9.17) is 5.11 Å². The normalized spacial score (nSPS) is 15.9. The van der Waals surface area contributed by atoms with Crippen LogP contribution in [0.3, 0.4) is 0 Å². The van der Waals surface area contributed by atoms with Crippen molar-refractivity contribution in [1.29, 1.82) is 0 Å². The lowest BCUT2D eigenvalue weighted by Crippen LogP contribution is -2.33. The molecule has 0 aliphatic heterocycles. The Kier molecular flexibility index (Phi) is 4.86. The minimum atomic E-state index is -0.732. The molecule has 0 saturated heterocycles. The highest BCUT2D eigenvalue weighted by molar-refractivity contribution is 5.67. The van der Waals surface area contributed by atoms with Gasteiger partial charge in [-0.05, 0) is 13.0 Å². The zero-order valence-corrected chi connectivity index (χ0v) is 7.42. The Morgan fingerprint density at radius 2 is 2.18 bits per heavy atom. The minimum Gasteiger partial charge on any atom is -0.481 e. The van der Waals surface area contributed by atoms with Crippen molar-refractivity contribution in [2.75, 3.05) is 7.05 Å². The summed E-state index contributed by atoms with van der Waals surface area (Å²) in [5.41, 5.74) is 0. The van der Waals surface area contributed by atoms with Gasteiger partial charge in [-0.15, -0.1) is 0 Å². The van der Waals surface area contributed by atoms with Crippen LogP contribution in [-0.2, 0) is 4.79 Å². The molecule has 0 heterocycles. The Labute approximate surface area is 67.8 Å². The molecular weight excluding hydrogens is 142 g/mol. The standard InChI is InChI=1S/C8H17NO2/c1-4-6(2)7(9-3)5-8(10)11/h6-7,9H,4-5H2,1-3H3,(H,10,11)/t6-,7+/m1/s1. The van der Waals surface area contributed by atoms with Crippen molar-refractivity contribution in [3.8, 4) is 0 Å². The van der Waals surface area contributed by atoms with E-state index >= 15 is 0 Å². The van der Waals surface area contributed by atoms with Gasteiger partial charge in [-0.1, -0.05) is 20.3 Å². The molecule has 11 heavy (non-hydrogen) atoms. The van der Waals surface area contributed by atoms with Crippen LogP contribution < -0.4 is 5.32 Å². The summed E-state index contributed by atoms with van der Waals surface area (Å²) >= 11 is 0. The first-order valence-electron chi connectivity index (χ1n) is 4.00. The van der Waals surface area contributed by atoms with E-state index in [2.05, 4.69) is 19.2 Å². The first kappa shape index (κ1) is 10.4. The predicted octanol–water partition coefficient (Wildman–Crippen LogP) is 1.10. The van der Waals surface area contributed by atoms with Gasteiger partial charge in [0.05, 0.1) is 6.42 Å². The van der Waals surface area contributed by atoms with Crippen molar-refractivity contribution in [2.24, 2.45) is 5.92 Å². The molecule has 0 rings (SSSR count). The molecule has 0 amide bonds. The van der Waals surface area contributed by atoms with Crippen LogP contribution in [0.4, 0.5) is 0 Å². The first-order valence-corrected chi connectivity index (χ1v) is 4.00. The summed E-state index contributed by atoms with van der Waals surface area (Å²) in [6, 6.07) is 0.109. The summed E-state index contributed by atoms with van der Waals surface area (Å²) < 4.78 is 0. The van der Waals surface area contributed by atoms with Gasteiger partial charge < -0.3 is 10.4 Å². The lowest BCUT2D eigenvalue weighted by Gasteiger charge is -2.19. The van der Waals surface area contributed by atoms with Crippen molar-refractivity contribution in [1.82, 2.24) is 5.32 Å². The molecule has 3 nitrogen and oxygen atoms in total. The van der Waals surface area contributed by atoms with E-state index in [1.807, 2.05) is 0 Å². The number of nitrogens with one attached hydrogen (secondary N) is 1. The molecule has 0 spiro atoms. The molecule has 0 aliphatic rings. The van der Waals surface area contributed by atoms with E-state index < -0.39 is 5.97 Å². The van der Waals surface area contributed by atoms with Gasteiger partial charge in [0.25, 0.3) is 0 Å². The highest BCUT2D eigenvalue weighted by Crippen LogP contribution is 2.09. The molecule has 2 atom stereocenters. The summed E-state index contributed by atoms with van der Waals surface area (Å²) in [7, 11) is 1.81. The third-order valence-electron chi connectivity index (χ3n) is 2.10. The molecule has 2 N–H and O–H groups in total. The molecule has 0 saturated carbocycles. The molecule has 0 bridgehead atoms. The number of aliphatic carboxylic acids is 1. The molecule has 0 radical (unpaired) electrons. The van der Waals surface area contributed by atoms with E-state index in [1.54, 1.807) is 7.05 Å². The highest BCUT2D eigenvalue weighted by Gasteiger charge is 2.16. The van der Waals surface area contributed by atoms with Crippen LogP contribution in [0, 0.1) is 5.92 Å². The maximum atomic E-state index is 10.3. The van der Waals surface area contributed by atoms with Crippen LogP contribution in [0.15, 0.2) is 0 Å². The van der Waals surface area contributed by atoms with Crippen molar-refractivity contribution in [3.63, 3.8) is 0 Å². The summed E-state index contributed by atoms with van der Waals surface area (Å²) in [5.74, 6) is -0.305. The van der Waals surface area contributed by atoms with E-state index in [1.165, 1.54) is 0 Å². The molecule has 0 aliphatic carbocycles. The van der Waals surface area contributed by atoms with Crippen LogP contribution in [-0.4, -0.2) is 24.2 Å². The summed E-state index contributed by atoms with van der Waals surface area (Å²) in [5, 5.41) is 11.5. The maximum Gasteiger partial charge on any atom is 0.304 e. The van der Waals surface area contributed by atoms with Crippen molar-refractivity contribution in [2.45, 2.75) is 32.7 Å². The minimum absolute atomic E-state index is 0.109. The SMILES string of the molecule is CC[C@@H](C)[C@H](CC(=O)O)NC. The summed E-state index contributed by atoms with van der Waals surface area (Å²) in [6.45, 7) is 4.13. The van der Waals surface area contributed by atoms with Crippen molar-refractivity contribution in [3.05, 3.63) is 0 Å². The fraction of sp³-hybridized carbons (Fsp3) is 0.875. The quantitative estimate of drug-likeness (QED) is 0.631. The molecule has 0 aromatic rings. The zero-order valence-electron chi connectivity index (χ0n) is 7.42. The van der Waals surface area contributed by atoms with Gasteiger partial charge in [-0.3, -0.25) is 4.79 Å². The largest absolute Gasteiger partial charge is 0.481 e. The fourth-order valence-corrected chi connectivity index (χ4v) is 1.06. The Hall–Kier alpha value is -0.570. The van der Waals surface area contributed by atoms with Crippen molar-refractivity contribution < 1.29 is 9.90 Å². The maximum absolute atomic E-state index is 10.3. The first-order chi connectivity index (χ1) is 5.11. The van der Waals surface area contributed by atoms with Crippen LogP contribution >= 0.6 is 0 Å². The van der Waals surface area contributed by atoms with E-state index in [0.29, 0.717) is 5.92 Å². The number of carboxylic acid groups (broad SMARTS) is 1. The van der Waals surface area contributed by atoms with Gasteiger partial charge >= 0.3 is 5.97 Å². The molecular formula is C8H17NO2. The van der Waals surface area contributed by atoms with E-state index in [0.717, 1.165) is 6.42 Å². The lowest BCUT2D eigenvalue weighted by molar-refractivity contribution is -0.137. The topological polar surface area (TPSA) is 49.3 Å². The Balaban J connectivity index is 3.84. The number of carbonyl (C=O) groups is 1. The predicted molar refractivity (Wildman–Crippen MR) is 44.6 cm³/mol. The molecule has 0 aromatic carbocycles. The smallest absolute Gasteiger partial charge is 0.304 e. The van der Waals surface area contributed by atoms with Gasteiger partial charge in [-0.2, -0.15) is 0 Å². The van der Waals surface area contributed by atoms with Crippen molar-refractivity contribution >= 4 is 5.97 Å². The lowest BCUT2D eigenvalue weighted by atomic mass is 9.97. The molecule has 3 heteroatoms. The van der Waals surface area contributed by atoms with Gasteiger partial charge in [0.15, 0.2) is 0 Å². The average Bonchev–Trinajstić information content (AvgIpc) is 1.98. The Morgan fingerprint density at radius 3 is 2.45 bits per heavy atom. The number of hydrogen-bond acceptors (Lipinski definition) is 2. The molecule has 0 aromatic heterocycles. The third kappa shape index (κ3) is 3.98. The number of rotatable bonds is 5. The van der Waals surface area contributed by atoms with Gasteiger partial charge in [-0.25, -0.2) is 0 Å². The van der Waals surface area contributed by atoms with Crippen LogP contribution in [0.25, 0.3) is 0 Å². The van der Waals surface area contributed by atoms with Crippen LogP contribution in [0.5, 0.6) is 0 Å². The Morgan fingerprint density at radius 1 is 1.64 bits per heavy atom.